The van der Waals surface area contributed by atoms with E-state index in [1.165, 1.54) is 6.33 Å². The maximum atomic E-state index is 12.2. The third-order valence-electron chi connectivity index (χ3n) is 4.22. The summed E-state index contributed by atoms with van der Waals surface area (Å²) in [5.41, 5.74) is -0.131. The number of likely N-dealkylation sites (tertiary alicyclic amines) is 1. The van der Waals surface area contributed by atoms with Gasteiger partial charge in [-0.05, 0) is 5.56 Å². The van der Waals surface area contributed by atoms with Crippen LogP contribution in [-0.2, 0) is 16.8 Å². The minimum absolute atomic E-state index is 0.0555. The minimum atomic E-state index is -0.957. The van der Waals surface area contributed by atoms with Gasteiger partial charge in [-0.2, -0.15) is 10.1 Å². The second-order valence-corrected chi connectivity index (χ2v) is 5.99. The van der Waals surface area contributed by atoms with Crippen LogP contribution in [0.1, 0.15) is 17.9 Å². The average Bonchev–Trinajstić information content (AvgIpc) is 3.28. The largest absolute Gasteiger partial charge is 0.381 e. The van der Waals surface area contributed by atoms with Crippen molar-refractivity contribution in [1.82, 2.24) is 30.2 Å². The maximum Gasteiger partial charge on any atom is 0.239 e. The number of aromatic nitrogens is 5. The Bertz CT molecular complexity index is 855. The smallest absolute Gasteiger partial charge is 0.239 e. The highest BCUT2D eigenvalue weighted by Gasteiger charge is 2.44. The Morgan fingerprint density at radius 1 is 1.32 bits per heavy atom. The van der Waals surface area contributed by atoms with Gasteiger partial charge in [0.05, 0.1) is 13.1 Å². The molecule has 0 aliphatic carbocycles. The number of amides is 1. The first-order valence-electron chi connectivity index (χ1n) is 7.88. The number of H-pyrrole nitrogens is 1. The number of β-amino-alcohol motifs (C(OH)–C–C–N with tert-alkyl or cyclic N) is 1. The summed E-state index contributed by atoms with van der Waals surface area (Å²) < 4.78 is 5.11. The summed E-state index contributed by atoms with van der Waals surface area (Å²) in [6.07, 6.45) is 1.93. The first-order chi connectivity index (χ1) is 12.1. The summed E-state index contributed by atoms with van der Waals surface area (Å²) in [4.78, 5) is 22.0. The van der Waals surface area contributed by atoms with Crippen LogP contribution in [-0.4, -0.2) is 54.3 Å². The lowest BCUT2D eigenvalue weighted by Crippen LogP contribution is -2.61. The Morgan fingerprint density at radius 2 is 2.12 bits per heavy atom. The molecule has 1 aliphatic heterocycles. The van der Waals surface area contributed by atoms with E-state index in [9.17, 15) is 9.90 Å². The monoisotopic (exact) mass is 340 g/mol. The van der Waals surface area contributed by atoms with E-state index in [1.807, 2.05) is 30.3 Å². The third kappa shape index (κ3) is 3.01. The number of aliphatic hydroxyl groups is 1. The van der Waals surface area contributed by atoms with E-state index < -0.39 is 5.60 Å². The maximum absolute atomic E-state index is 12.2. The molecule has 2 N–H and O–H groups in total. The molecule has 0 spiro atoms. The Morgan fingerprint density at radius 3 is 2.84 bits per heavy atom. The molecule has 0 unspecified atom stereocenters. The van der Waals surface area contributed by atoms with Gasteiger partial charge in [-0.3, -0.25) is 9.89 Å². The molecule has 2 aromatic heterocycles. The molecule has 1 aromatic carbocycles. The van der Waals surface area contributed by atoms with E-state index in [1.54, 1.807) is 4.90 Å². The van der Waals surface area contributed by atoms with Crippen LogP contribution >= 0.6 is 0 Å². The molecule has 4 rings (SSSR count). The predicted molar refractivity (Wildman–Crippen MR) is 84.9 cm³/mol. The number of aryl methyl sites for hydroxylation is 1. The summed E-state index contributed by atoms with van der Waals surface area (Å²) in [6, 6.07) is 9.38. The predicted octanol–water partition coefficient (Wildman–Crippen LogP) is 0.517. The summed E-state index contributed by atoms with van der Waals surface area (Å²) in [5.74, 6) is 1.03. The number of rotatable bonds is 5. The fraction of sp³-hybridized carbons (Fsp3) is 0.312. The summed E-state index contributed by atoms with van der Waals surface area (Å²) in [6.45, 7) is 0.589. The molecule has 1 aliphatic rings. The van der Waals surface area contributed by atoms with Crippen LogP contribution in [0.25, 0.3) is 11.6 Å². The molecule has 0 radical (unpaired) electrons. The van der Waals surface area contributed by atoms with Crippen LogP contribution in [0, 0.1) is 0 Å². The molecule has 0 atom stereocenters. The second kappa shape index (κ2) is 6.10. The normalized spacial score (nSPS) is 15.8. The number of carbonyl (C=O) groups excluding carboxylic acids is 1. The summed E-state index contributed by atoms with van der Waals surface area (Å²) in [7, 11) is 0. The minimum Gasteiger partial charge on any atom is -0.381 e. The van der Waals surface area contributed by atoms with Crippen molar-refractivity contribution < 1.29 is 14.4 Å². The van der Waals surface area contributed by atoms with Gasteiger partial charge in [-0.15, -0.1) is 0 Å². The molecule has 9 heteroatoms. The molecular formula is C16H16N6O3. The number of nitrogens with one attached hydrogen (secondary N) is 1. The Hall–Kier alpha value is -3.07. The van der Waals surface area contributed by atoms with Crippen LogP contribution in [0.3, 0.4) is 0 Å². The summed E-state index contributed by atoms with van der Waals surface area (Å²) >= 11 is 0. The van der Waals surface area contributed by atoms with Crippen LogP contribution < -0.4 is 0 Å². The molecule has 0 saturated carbocycles. The van der Waals surface area contributed by atoms with E-state index in [0.717, 1.165) is 5.56 Å². The molecule has 3 aromatic rings. The highest BCUT2D eigenvalue weighted by atomic mass is 16.5. The van der Waals surface area contributed by atoms with Crippen LogP contribution in [0.15, 0.2) is 41.2 Å². The number of aromatic amines is 1. The number of nitrogens with zero attached hydrogens (tertiary/aromatic N) is 5. The summed E-state index contributed by atoms with van der Waals surface area (Å²) in [5, 5.41) is 20.7. The van der Waals surface area contributed by atoms with Crippen molar-refractivity contribution in [2.75, 3.05) is 13.1 Å². The molecule has 9 nitrogen and oxygen atoms in total. The van der Waals surface area contributed by atoms with Crippen molar-refractivity contribution in [3.63, 3.8) is 0 Å². The molecule has 25 heavy (non-hydrogen) atoms. The fourth-order valence-corrected chi connectivity index (χ4v) is 2.83. The fourth-order valence-electron chi connectivity index (χ4n) is 2.83. The second-order valence-electron chi connectivity index (χ2n) is 5.99. The number of benzene rings is 1. The van der Waals surface area contributed by atoms with Gasteiger partial charge in [0.15, 0.2) is 5.82 Å². The standard InChI is InChI=1S/C16H16N6O3/c23-13(22-8-16(24,9-22)11-4-2-1-3-5-11)7-6-12-19-15(21-25-12)14-17-10-18-20-14/h1-5,10,24H,6-9H2,(H,17,18,20). The molecular weight excluding hydrogens is 324 g/mol. The van der Waals surface area contributed by atoms with Gasteiger partial charge in [0.1, 0.15) is 11.9 Å². The van der Waals surface area contributed by atoms with Gasteiger partial charge >= 0.3 is 0 Å². The molecule has 0 bridgehead atoms. The lowest BCUT2D eigenvalue weighted by atomic mass is 9.86. The molecule has 3 heterocycles. The lowest BCUT2D eigenvalue weighted by Gasteiger charge is -2.46. The molecule has 128 valence electrons. The topological polar surface area (TPSA) is 121 Å². The number of hydrogen-bond acceptors (Lipinski definition) is 7. The van der Waals surface area contributed by atoms with Gasteiger partial charge in [0.2, 0.25) is 17.6 Å². The lowest BCUT2D eigenvalue weighted by molar-refractivity contribution is -0.157. The molecule has 1 amide bonds. The Labute approximate surface area is 142 Å². The van der Waals surface area contributed by atoms with Crippen molar-refractivity contribution >= 4 is 5.91 Å². The van der Waals surface area contributed by atoms with Crippen LogP contribution in [0.4, 0.5) is 0 Å². The van der Waals surface area contributed by atoms with Crippen molar-refractivity contribution in [3.8, 4) is 11.6 Å². The quantitative estimate of drug-likeness (QED) is 0.694. The van der Waals surface area contributed by atoms with Gasteiger partial charge in [-0.1, -0.05) is 35.5 Å². The van der Waals surface area contributed by atoms with E-state index in [0.29, 0.717) is 37.0 Å². The first-order valence-corrected chi connectivity index (χ1v) is 7.88. The Balaban J connectivity index is 1.31. The van der Waals surface area contributed by atoms with Gasteiger partial charge in [0, 0.05) is 12.8 Å². The third-order valence-corrected chi connectivity index (χ3v) is 4.22. The zero-order valence-corrected chi connectivity index (χ0v) is 13.3. The van der Waals surface area contributed by atoms with Gasteiger partial charge in [0.25, 0.3) is 0 Å². The Kier molecular flexibility index (Phi) is 3.77. The van der Waals surface area contributed by atoms with Crippen LogP contribution in [0.5, 0.6) is 0 Å². The van der Waals surface area contributed by atoms with E-state index in [-0.39, 0.29) is 12.3 Å². The van der Waals surface area contributed by atoms with Crippen LogP contribution in [0.2, 0.25) is 0 Å². The van der Waals surface area contributed by atoms with Crippen molar-refractivity contribution in [2.45, 2.75) is 18.4 Å². The van der Waals surface area contributed by atoms with Gasteiger partial charge in [-0.25, -0.2) is 4.98 Å². The van der Waals surface area contributed by atoms with Crippen molar-refractivity contribution in [3.05, 3.63) is 48.1 Å². The molecule has 1 fully saturated rings. The first kappa shape index (κ1) is 15.5. The van der Waals surface area contributed by atoms with E-state index in [2.05, 4.69) is 25.3 Å². The molecule has 1 saturated heterocycles. The average molecular weight is 340 g/mol. The van der Waals surface area contributed by atoms with E-state index in [4.69, 9.17) is 4.52 Å². The van der Waals surface area contributed by atoms with Crippen molar-refractivity contribution in [2.24, 2.45) is 0 Å². The van der Waals surface area contributed by atoms with E-state index >= 15 is 0 Å². The number of hydrogen-bond donors (Lipinski definition) is 2. The highest BCUT2D eigenvalue weighted by molar-refractivity contribution is 5.77. The highest BCUT2D eigenvalue weighted by Crippen LogP contribution is 2.32. The zero-order chi connectivity index (χ0) is 17.3. The number of carbonyl (C=O) groups is 1. The van der Waals surface area contributed by atoms with Gasteiger partial charge < -0.3 is 14.5 Å². The van der Waals surface area contributed by atoms with Crippen molar-refractivity contribution in [1.29, 1.82) is 0 Å². The zero-order valence-electron chi connectivity index (χ0n) is 13.3. The SMILES string of the molecule is O=C(CCc1nc(-c2ncn[nH]2)no1)N1CC(O)(c2ccccc2)C1.